The molecule has 0 saturated carbocycles. The minimum Gasteiger partial charge on any atom is -0.444 e. The number of alkyl carbamates (subject to hydrolysis) is 1. The van der Waals surface area contributed by atoms with Gasteiger partial charge < -0.3 is 20.3 Å². The van der Waals surface area contributed by atoms with Gasteiger partial charge in [0.2, 0.25) is 0 Å². The van der Waals surface area contributed by atoms with E-state index in [9.17, 15) is 4.79 Å². The van der Waals surface area contributed by atoms with Gasteiger partial charge in [0.1, 0.15) is 5.60 Å². The van der Waals surface area contributed by atoms with Crippen LogP contribution in [-0.4, -0.2) is 43.8 Å². The average Bonchev–Trinajstić information content (AvgIpc) is 2.35. The van der Waals surface area contributed by atoms with Crippen LogP contribution in [0.1, 0.15) is 26.3 Å². The number of benzene rings is 1. The Labute approximate surface area is 127 Å². The molecule has 0 fully saturated rings. The summed E-state index contributed by atoms with van der Waals surface area (Å²) in [7, 11) is 4.10. The molecule has 0 aliphatic carbocycles. The number of anilines is 1. The van der Waals surface area contributed by atoms with Gasteiger partial charge in [0.15, 0.2) is 0 Å². The lowest BCUT2D eigenvalue weighted by Gasteiger charge is -2.19. The first kappa shape index (κ1) is 17.3. The van der Waals surface area contributed by atoms with Crippen LogP contribution in [-0.2, 0) is 11.3 Å². The van der Waals surface area contributed by atoms with Gasteiger partial charge in [-0.2, -0.15) is 0 Å². The molecule has 1 aromatic rings. The second kappa shape index (κ2) is 7.88. The van der Waals surface area contributed by atoms with Crippen molar-refractivity contribution in [3.63, 3.8) is 0 Å². The number of ether oxygens (including phenoxy) is 1. The number of likely N-dealkylation sites (N-methyl/N-ethyl adjacent to an activating group) is 1. The molecular weight excluding hydrogens is 266 g/mol. The monoisotopic (exact) mass is 293 g/mol. The van der Waals surface area contributed by atoms with Gasteiger partial charge >= 0.3 is 6.09 Å². The Bertz CT molecular complexity index is 436. The van der Waals surface area contributed by atoms with Crippen LogP contribution in [0, 0.1) is 0 Å². The largest absolute Gasteiger partial charge is 0.444 e. The fraction of sp³-hybridized carbons (Fsp3) is 0.562. The Kier molecular flexibility index (Phi) is 6.49. The molecule has 2 N–H and O–H groups in total. The van der Waals surface area contributed by atoms with Crippen molar-refractivity contribution >= 4 is 11.8 Å². The molecule has 118 valence electrons. The van der Waals surface area contributed by atoms with Gasteiger partial charge in [0.05, 0.1) is 0 Å². The van der Waals surface area contributed by atoms with Crippen LogP contribution in [0.2, 0.25) is 0 Å². The van der Waals surface area contributed by atoms with Crippen LogP contribution >= 0.6 is 0 Å². The van der Waals surface area contributed by atoms with E-state index >= 15 is 0 Å². The van der Waals surface area contributed by atoms with Crippen molar-refractivity contribution in [2.75, 3.05) is 32.5 Å². The Balaban J connectivity index is 2.35. The van der Waals surface area contributed by atoms with Crippen LogP contribution in [0.3, 0.4) is 0 Å². The van der Waals surface area contributed by atoms with Crippen molar-refractivity contribution in [1.29, 1.82) is 0 Å². The van der Waals surface area contributed by atoms with E-state index in [1.54, 1.807) is 0 Å². The standard InChI is InChI=1S/C16H27N3O2/c1-16(2,3)21-15(20)18-12-13-6-8-14(9-7-13)17-10-11-19(4)5/h6-9,17H,10-12H2,1-5H3,(H,18,20). The summed E-state index contributed by atoms with van der Waals surface area (Å²) in [6.45, 7) is 7.90. The maximum Gasteiger partial charge on any atom is 0.407 e. The fourth-order valence-corrected chi connectivity index (χ4v) is 1.65. The van der Waals surface area contributed by atoms with E-state index in [1.807, 2.05) is 59.1 Å². The van der Waals surface area contributed by atoms with Gasteiger partial charge in [-0.1, -0.05) is 12.1 Å². The Hall–Kier alpha value is -1.75. The summed E-state index contributed by atoms with van der Waals surface area (Å²) in [5, 5.41) is 6.09. The molecule has 0 atom stereocenters. The third-order valence-corrected chi connectivity index (χ3v) is 2.68. The SMILES string of the molecule is CN(C)CCNc1ccc(CNC(=O)OC(C)(C)C)cc1. The van der Waals surface area contributed by atoms with Crippen molar-refractivity contribution in [1.82, 2.24) is 10.2 Å². The summed E-state index contributed by atoms with van der Waals surface area (Å²) >= 11 is 0. The lowest BCUT2D eigenvalue weighted by Crippen LogP contribution is -2.32. The Morgan fingerprint density at radius 2 is 1.81 bits per heavy atom. The molecule has 1 amide bonds. The highest BCUT2D eigenvalue weighted by atomic mass is 16.6. The molecule has 0 saturated heterocycles. The fourth-order valence-electron chi connectivity index (χ4n) is 1.65. The van der Waals surface area contributed by atoms with E-state index in [4.69, 9.17) is 4.74 Å². The van der Waals surface area contributed by atoms with Crippen LogP contribution < -0.4 is 10.6 Å². The average molecular weight is 293 g/mol. The molecule has 0 radical (unpaired) electrons. The maximum absolute atomic E-state index is 11.6. The number of carbonyl (C=O) groups excluding carboxylic acids is 1. The van der Waals surface area contributed by atoms with Crippen molar-refractivity contribution in [2.24, 2.45) is 0 Å². The molecule has 0 bridgehead atoms. The second-order valence-electron chi connectivity index (χ2n) is 6.28. The number of nitrogens with one attached hydrogen (secondary N) is 2. The van der Waals surface area contributed by atoms with E-state index in [1.165, 1.54) is 0 Å². The number of rotatable bonds is 6. The smallest absolute Gasteiger partial charge is 0.407 e. The zero-order valence-electron chi connectivity index (χ0n) is 13.7. The summed E-state index contributed by atoms with van der Waals surface area (Å²) in [6.07, 6.45) is -0.393. The lowest BCUT2D eigenvalue weighted by atomic mass is 10.2. The topological polar surface area (TPSA) is 53.6 Å². The summed E-state index contributed by atoms with van der Waals surface area (Å²) in [5.74, 6) is 0. The van der Waals surface area contributed by atoms with E-state index in [0.717, 1.165) is 24.3 Å². The van der Waals surface area contributed by atoms with Crippen LogP contribution in [0.5, 0.6) is 0 Å². The zero-order valence-corrected chi connectivity index (χ0v) is 13.7. The predicted octanol–water partition coefficient (Wildman–Crippen LogP) is 2.68. The van der Waals surface area contributed by atoms with Crippen molar-refractivity contribution < 1.29 is 9.53 Å². The van der Waals surface area contributed by atoms with E-state index < -0.39 is 11.7 Å². The Morgan fingerprint density at radius 1 is 1.19 bits per heavy atom. The molecular formula is C16H27N3O2. The molecule has 5 heteroatoms. The third kappa shape index (κ3) is 8.19. The van der Waals surface area contributed by atoms with Gasteiger partial charge in [-0.05, 0) is 52.6 Å². The number of nitrogens with zero attached hydrogens (tertiary/aromatic N) is 1. The number of carbonyl (C=O) groups is 1. The first-order valence-electron chi connectivity index (χ1n) is 7.21. The predicted molar refractivity (Wildman–Crippen MR) is 86.6 cm³/mol. The molecule has 0 spiro atoms. The quantitative estimate of drug-likeness (QED) is 0.846. The highest BCUT2D eigenvalue weighted by molar-refractivity contribution is 5.67. The Morgan fingerprint density at radius 3 is 2.33 bits per heavy atom. The van der Waals surface area contributed by atoms with Gasteiger partial charge in [-0.25, -0.2) is 4.79 Å². The van der Waals surface area contributed by atoms with Crippen molar-refractivity contribution in [3.05, 3.63) is 29.8 Å². The summed E-state index contributed by atoms with van der Waals surface area (Å²) in [6, 6.07) is 8.02. The minimum absolute atomic E-state index is 0.393. The van der Waals surface area contributed by atoms with Gasteiger partial charge in [-0.15, -0.1) is 0 Å². The van der Waals surface area contributed by atoms with E-state index in [2.05, 4.69) is 15.5 Å². The molecule has 1 aromatic carbocycles. The molecule has 0 heterocycles. The van der Waals surface area contributed by atoms with Crippen molar-refractivity contribution in [2.45, 2.75) is 32.9 Å². The van der Waals surface area contributed by atoms with Gasteiger partial charge in [0, 0.05) is 25.3 Å². The number of hydrogen-bond acceptors (Lipinski definition) is 4. The summed E-state index contributed by atoms with van der Waals surface area (Å²) in [4.78, 5) is 13.7. The van der Waals surface area contributed by atoms with Crippen LogP contribution in [0.4, 0.5) is 10.5 Å². The van der Waals surface area contributed by atoms with E-state index in [-0.39, 0.29) is 0 Å². The number of amides is 1. The highest BCUT2D eigenvalue weighted by Crippen LogP contribution is 2.10. The molecule has 5 nitrogen and oxygen atoms in total. The van der Waals surface area contributed by atoms with E-state index in [0.29, 0.717) is 6.54 Å². The third-order valence-electron chi connectivity index (χ3n) is 2.68. The zero-order chi connectivity index (χ0) is 15.9. The molecule has 0 aromatic heterocycles. The second-order valence-corrected chi connectivity index (χ2v) is 6.28. The molecule has 0 aliphatic heterocycles. The van der Waals surface area contributed by atoms with Gasteiger partial charge in [-0.3, -0.25) is 0 Å². The minimum atomic E-state index is -0.468. The lowest BCUT2D eigenvalue weighted by molar-refractivity contribution is 0.0523. The molecule has 21 heavy (non-hydrogen) atoms. The maximum atomic E-state index is 11.6. The van der Waals surface area contributed by atoms with Crippen LogP contribution in [0.15, 0.2) is 24.3 Å². The summed E-state index contributed by atoms with van der Waals surface area (Å²) < 4.78 is 5.19. The summed E-state index contributed by atoms with van der Waals surface area (Å²) in [5.41, 5.74) is 1.65. The van der Waals surface area contributed by atoms with Crippen molar-refractivity contribution in [3.8, 4) is 0 Å². The number of hydrogen-bond donors (Lipinski definition) is 2. The normalized spacial score (nSPS) is 11.3. The molecule has 0 unspecified atom stereocenters. The first-order valence-corrected chi connectivity index (χ1v) is 7.21. The first-order chi connectivity index (χ1) is 9.76. The molecule has 1 rings (SSSR count). The molecule has 0 aliphatic rings. The van der Waals surface area contributed by atoms with Crippen LogP contribution in [0.25, 0.3) is 0 Å². The highest BCUT2D eigenvalue weighted by Gasteiger charge is 2.15. The van der Waals surface area contributed by atoms with Gasteiger partial charge in [0.25, 0.3) is 0 Å².